The molecule has 4 nitrogen and oxygen atoms in total. The SMILES string of the molecule is CC1CCN(Cc2nncn2C)CC1. The van der Waals surface area contributed by atoms with Crippen molar-refractivity contribution in [2.45, 2.75) is 26.3 Å². The minimum atomic E-state index is 0.894. The molecule has 0 bridgehead atoms. The number of piperidine rings is 1. The first-order chi connectivity index (χ1) is 6.75. The molecular formula is C10H18N4. The second-order valence-corrected chi connectivity index (χ2v) is 4.32. The molecule has 78 valence electrons. The fraction of sp³-hybridized carbons (Fsp3) is 0.800. The predicted octanol–water partition coefficient (Wildman–Crippen LogP) is 1.05. The van der Waals surface area contributed by atoms with Crippen LogP contribution in [0.1, 0.15) is 25.6 Å². The number of likely N-dealkylation sites (tertiary alicyclic amines) is 1. The summed E-state index contributed by atoms with van der Waals surface area (Å²) in [6, 6.07) is 0. The van der Waals surface area contributed by atoms with Crippen LogP contribution in [-0.2, 0) is 13.6 Å². The molecule has 0 N–H and O–H groups in total. The average molecular weight is 194 g/mol. The van der Waals surface area contributed by atoms with Crippen molar-refractivity contribution in [1.82, 2.24) is 19.7 Å². The minimum Gasteiger partial charge on any atom is -0.320 e. The van der Waals surface area contributed by atoms with Gasteiger partial charge in [0.05, 0.1) is 6.54 Å². The summed E-state index contributed by atoms with van der Waals surface area (Å²) in [5.41, 5.74) is 0. The lowest BCUT2D eigenvalue weighted by atomic mass is 9.99. The first-order valence-corrected chi connectivity index (χ1v) is 5.31. The molecule has 1 saturated heterocycles. The maximum Gasteiger partial charge on any atom is 0.146 e. The Hall–Kier alpha value is -0.900. The predicted molar refractivity (Wildman–Crippen MR) is 54.7 cm³/mol. The van der Waals surface area contributed by atoms with Gasteiger partial charge in [0.1, 0.15) is 12.2 Å². The van der Waals surface area contributed by atoms with Crippen molar-refractivity contribution in [3.05, 3.63) is 12.2 Å². The van der Waals surface area contributed by atoms with Crippen LogP contribution in [0.5, 0.6) is 0 Å². The molecule has 2 rings (SSSR count). The lowest BCUT2D eigenvalue weighted by molar-refractivity contribution is 0.180. The van der Waals surface area contributed by atoms with E-state index in [1.807, 2.05) is 11.6 Å². The first kappa shape index (κ1) is 9.65. The fourth-order valence-electron chi connectivity index (χ4n) is 1.87. The Morgan fingerprint density at radius 3 is 2.71 bits per heavy atom. The zero-order valence-corrected chi connectivity index (χ0v) is 8.98. The van der Waals surface area contributed by atoms with Crippen molar-refractivity contribution in [3.63, 3.8) is 0 Å². The number of aryl methyl sites for hydroxylation is 1. The Labute approximate surface area is 84.9 Å². The lowest BCUT2D eigenvalue weighted by Crippen LogP contribution is -2.33. The van der Waals surface area contributed by atoms with Crippen LogP contribution in [-0.4, -0.2) is 32.8 Å². The second kappa shape index (κ2) is 4.09. The summed E-state index contributed by atoms with van der Waals surface area (Å²) in [5, 5.41) is 7.99. The molecule has 0 amide bonds. The van der Waals surface area contributed by atoms with Gasteiger partial charge in [-0.25, -0.2) is 0 Å². The van der Waals surface area contributed by atoms with Gasteiger partial charge in [-0.05, 0) is 31.8 Å². The molecule has 0 atom stereocenters. The summed E-state index contributed by atoms with van der Waals surface area (Å²) >= 11 is 0. The van der Waals surface area contributed by atoms with Crippen LogP contribution < -0.4 is 0 Å². The second-order valence-electron chi connectivity index (χ2n) is 4.32. The molecule has 0 aliphatic carbocycles. The number of hydrogen-bond donors (Lipinski definition) is 0. The van der Waals surface area contributed by atoms with Crippen LogP contribution in [0.25, 0.3) is 0 Å². The molecule has 1 aromatic heterocycles. The van der Waals surface area contributed by atoms with Gasteiger partial charge in [0, 0.05) is 7.05 Å². The molecule has 1 aromatic rings. The van der Waals surface area contributed by atoms with Gasteiger partial charge in [0.2, 0.25) is 0 Å². The summed E-state index contributed by atoms with van der Waals surface area (Å²) in [4.78, 5) is 2.46. The highest BCUT2D eigenvalue weighted by atomic mass is 15.3. The minimum absolute atomic E-state index is 0.894. The van der Waals surface area contributed by atoms with Crippen LogP contribution in [0.2, 0.25) is 0 Å². The molecule has 0 aromatic carbocycles. The molecule has 0 spiro atoms. The van der Waals surface area contributed by atoms with Crippen LogP contribution in [0, 0.1) is 5.92 Å². The van der Waals surface area contributed by atoms with E-state index in [9.17, 15) is 0 Å². The third kappa shape index (κ3) is 2.12. The summed E-state index contributed by atoms with van der Waals surface area (Å²) in [5.74, 6) is 1.96. The maximum atomic E-state index is 4.10. The summed E-state index contributed by atoms with van der Waals surface area (Å²) in [7, 11) is 2.00. The van der Waals surface area contributed by atoms with E-state index in [0.717, 1.165) is 18.3 Å². The highest BCUT2D eigenvalue weighted by Crippen LogP contribution is 2.17. The molecule has 0 saturated carbocycles. The summed E-state index contributed by atoms with van der Waals surface area (Å²) in [6.07, 6.45) is 4.40. The van der Waals surface area contributed by atoms with Gasteiger partial charge in [0.15, 0.2) is 0 Å². The molecule has 14 heavy (non-hydrogen) atoms. The fourth-order valence-corrected chi connectivity index (χ4v) is 1.87. The standard InChI is InChI=1S/C10H18N4/c1-9-3-5-14(6-4-9)7-10-12-11-8-13(10)2/h8-9H,3-7H2,1-2H3. The van der Waals surface area contributed by atoms with Gasteiger partial charge >= 0.3 is 0 Å². The zero-order chi connectivity index (χ0) is 9.97. The quantitative estimate of drug-likeness (QED) is 0.705. The highest BCUT2D eigenvalue weighted by molar-refractivity contribution is 4.85. The van der Waals surface area contributed by atoms with E-state index >= 15 is 0 Å². The van der Waals surface area contributed by atoms with Gasteiger partial charge < -0.3 is 4.57 Å². The molecule has 4 heteroatoms. The van der Waals surface area contributed by atoms with Gasteiger partial charge in [-0.1, -0.05) is 6.92 Å². The van der Waals surface area contributed by atoms with Crippen molar-refractivity contribution >= 4 is 0 Å². The molecular weight excluding hydrogens is 176 g/mol. The van der Waals surface area contributed by atoms with E-state index in [0.29, 0.717) is 0 Å². The normalized spacial score (nSPS) is 20.1. The first-order valence-electron chi connectivity index (χ1n) is 5.31. The Morgan fingerprint density at radius 1 is 1.43 bits per heavy atom. The van der Waals surface area contributed by atoms with Crippen LogP contribution >= 0.6 is 0 Å². The smallest absolute Gasteiger partial charge is 0.146 e. The number of aromatic nitrogens is 3. The molecule has 1 fully saturated rings. The zero-order valence-electron chi connectivity index (χ0n) is 8.98. The van der Waals surface area contributed by atoms with Crippen LogP contribution in [0.3, 0.4) is 0 Å². The van der Waals surface area contributed by atoms with E-state index in [1.165, 1.54) is 25.9 Å². The number of rotatable bonds is 2. The largest absolute Gasteiger partial charge is 0.320 e. The molecule has 1 aliphatic heterocycles. The number of hydrogen-bond acceptors (Lipinski definition) is 3. The van der Waals surface area contributed by atoms with Crippen molar-refractivity contribution < 1.29 is 0 Å². The van der Waals surface area contributed by atoms with E-state index in [2.05, 4.69) is 22.0 Å². The Morgan fingerprint density at radius 2 is 2.14 bits per heavy atom. The third-order valence-corrected chi connectivity index (χ3v) is 3.05. The van der Waals surface area contributed by atoms with Crippen molar-refractivity contribution in [1.29, 1.82) is 0 Å². The Kier molecular flexibility index (Phi) is 2.82. The number of nitrogens with zero attached hydrogens (tertiary/aromatic N) is 4. The van der Waals surface area contributed by atoms with E-state index < -0.39 is 0 Å². The highest BCUT2D eigenvalue weighted by Gasteiger charge is 2.16. The molecule has 1 aliphatic rings. The maximum absolute atomic E-state index is 4.10. The van der Waals surface area contributed by atoms with Gasteiger partial charge in [-0.2, -0.15) is 0 Å². The molecule has 0 radical (unpaired) electrons. The summed E-state index contributed by atoms with van der Waals surface area (Å²) in [6.45, 7) is 5.69. The summed E-state index contributed by atoms with van der Waals surface area (Å²) < 4.78 is 2.00. The molecule has 0 unspecified atom stereocenters. The average Bonchev–Trinajstić information content (AvgIpc) is 2.56. The third-order valence-electron chi connectivity index (χ3n) is 3.05. The Bertz CT molecular complexity index is 286. The van der Waals surface area contributed by atoms with Gasteiger partial charge in [-0.15, -0.1) is 10.2 Å². The van der Waals surface area contributed by atoms with Crippen LogP contribution in [0.4, 0.5) is 0 Å². The van der Waals surface area contributed by atoms with Gasteiger partial charge in [0.25, 0.3) is 0 Å². The van der Waals surface area contributed by atoms with E-state index in [-0.39, 0.29) is 0 Å². The topological polar surface area (TPSA) is 34.0 Å². The van der Waals surface area contributed by atoms with Crippen molar-refractivity contribution in [2.24, 2.45) is 13.0 Å². The van der Waals surface area contributed by atoms with E-state index in [4.69, 9.17) is 0 Å². The lowest BCUT2D eigenvalue weighted by Gasteiger charge is -2.29. The van der Waals surface area contributed by atoms with Crippen molar-refractivity contribution in [3.8, 4) is 0 Å². The van der Waals surface area contributed by atoms with Gasteiger partial charge in [-0.3, -0.25) is 4.90 Å². The Balaban J connectivity index is 1.89. The monoisotopic (exact) mass is 194 g/mol. The van der Waals surface area contributed by atoms with Crippen molar-refractivity contribution in [2.75, 3.05) is 13.1 Å². The van der Waals surface area contributed by atoms with Crippen LogP contribution in [0.15, 0.2) is 6.33 Å². The van der Waals surface area contributed by atoms with E-state index in [1.54, 1.807) is 6.33 Å². The molecule has 2 heterocycles.